The van der Waals surface area contributed by atoms with Gasteiger partial charge in [0.05, 0.1) is 5.69 Å². The van der Waals surface area contributed by atoms with Crippen molar-refractivity contribution in [3.63, 3.8) is 0 Å². The van der Waals surface area contributed by atoms with Crippen LogP contribution in [-0.2, 0) is 16.0 Å². The molecule has 2 heterocycles. The van der Waals surface area contributed by atoms with Crippen LogP contribution in [0.1, 0.15) is 5.56 Å². The first-order valence-corrected chi connectivity index (χ1v) is 12.8. The molecule has 2 aromatic rings. The maximum Gasteiger partial charge on any atom is 0.254 e. The molecule has 192 valence electrons. The predicted molar refractivity (Wildman–Crippen MR) is 134 cm³/mol. The van der Waals surface area contributed by atoms with Crippen molar-refractivity contribution >= 4 is 29.3 Å². The van der Waals surface area contributed by atoms with Gasteiger partial charge >= 0.3 is 0 Å². The minimum absolute atomic E-state index is 0.183. The molecule has 7 nitrogen and oxygen atoms in total. The van der Waals surface area contributed by atoms with E-state index in [-0.39, 0.29) is 37.2 Å². The number of aliphatic hydroxyl groups is 2. The van der Waals surface area contributed by atoms with E-state index < -0.39 is 24.0 Å². The largest absolute Gasteiger partial charge is 0.380 e. The molecule has 1 saturated heterocycles. The van der Waals surface area contributed by atoms with Crippen LogP contribution in [0.3, 0.4) is 0 Å². The molecule has 2 aliphatic rings. The first kappa shape index (κ1) is 26.1. The van der Waals surface area contributed by atoms with E-state index in [1.807, 2.05) is 11.0 Å². The Morgan fingerprint density at radius 3 is 2.39 bits per heavy atom. The summed E-state index contributed by atoms with van der Waals surface area (Å²) in [6, 6.07) is 12.7. The number of anilines is 1. The van der Waals surface area contributed by atoms with Crippen LogP contribution in [0.25, 0.3) is 0 Å². The number of benzene rings is 2. The minimum atomic E-state index is -1.90. The molecule has 2 aromatic carbocycles. The van der Waals surface area contributed by atoms with Crippen LogP contribution in [0.2, 0.25) is 0 Å². The van der Waals surface area contributed by atoms with E-state index in [1.54, 1.807) is 42.1 Å². The molecule has 0 saturated carbocycles. The van der Waals surface area contributed by atoms with Crippen LogP contribution in [0.15, 0.2) is 59.5 Å². The number of thioether (sulfide) groups is 1. The topological polar surface area (TPSA) is 93.1 Å². The Bertz CT molecular complexity index is 1110. The van der Waals surface area contributed by atoms with Crippen molar-refractivity contribution in [2.75, 3.05) is 43.4 Å². The summed E-state index contributed by atoms with van der Waals surface area (Å²) >= 11 is 1.58. The normalized spacial score (nSPS) is 19.6. The maximum atomic E-state index is 14.0. The number of para-hydroxylation sites is 1. The van der Waals surface area contributed by atoms with Gasteiger partial charge in [0.2, 0.25) is 0 Å². The lowest BCUT2D eigenvalue weighted by molar-refractivity contribution is -0.153. The average Bonchev–Trinajstić information content (AvgIpc) is 3.35. The number of piperazine rings is 1. The number of halogens is 2. The zero-order valence-electron chi connectivity index (χ0n) is 19.6. The van der Waals surface area contributed by atoms with Crippen molar-refractivity contribution in [1.82, 2.24) is 10.2 Å². The summed E-state index contributed by atoms with van der Waals surface area (Å²) < 4.78 is 27.1. The lowest BCUT2D eigenvalue weighted by atomic mass is 10.0. The molecule has 3 N–H and O–H groups in total. The van der Waals surface area contributed by atoms with E-state index in [1.165, 1.54) is 23.1 Å². The maximum absolute atomic E-state index is 14.0. The molecule has 0 aromatic heterocycles. The van der Waals surface area contributed by atoms with E-state index in [9.17, 15) is 28.6 Å². The lowest BCUT2D eigenvalue weighted by Gasteiger charge is -2.37. The van der Waals surface area contributed by atoms with E-state index in [0.717, 1.165) is 22.6 Å². The second-order valence-electron chi connectivity index (χ2n) is 8.91. The zero-order valence-corrected chi connectivity index (χ0v) is 20.5. The van der Waals surface area contributed by atoms with Gasteiger partial charge in [-0.3, -0.25) is 9.59 Å². The number of hydrogen-bond donors (Lipinski definition) is 3. The molecule has 2 aliphatic heterocycles. The van der Waals surface area contributed by atoms with Gasteiger partial charge in [0.1, 0.15) is 11.6 Å². The van der Waals surface area contributed by atoms with Gasteiger partial charge in [-0.05, 0) is 42.2 Å². The molecule has 0 radical (unpaired) electrons. The van der Waals surface area contributed by atoms with E-state index in [0.29, 0.717) is 18.8 Å². The molecule has 4 rings (SSSR count). The number of carbonyl (C=O) groups excluding carboxylic acids is 2. The van der Waals surface area contributed by atoms with E-state index in [4.69, 9.17) is 0 Å². The highest BCUT2D eigenvalue weighted by Gasteiger charge is 2.35. The number of amides is 2. The Hall–Kier alpha value is -2.95. The zero-order chi connectivity index (χ0) is 25.7. The van der Waals surface area contributed by atoms with Crippen LogP contribution in [0.5, 0.6) is 0 Å². The number of aliphatic hydroxyl groups excluding tert-OH is 2. The Kier molecular flexibility index (Phi) is 8.60. The molecule has 10 heteroatoms. The van der Waals surface area contributed by atoms with Gasteiger partial charge in [-0.25, -0.2) is 8.78 Å². The van der Waals surface area contributed by atoms with Crippen molar-refractivity contribution in [2.24, 2.45) is 5.92 Å². The summed E-state index contributed by atoms with van der Waals surface area (Å²) in [5.41, 5.74) is 1.47. The van der Waals surface area contributed by atoms with Crippen LogP contribution < -0.4 is 10.2 Å². The molecule has 2 amide bonds. The van der Waals surface area contributed by atoms with Crippen molar-refractivity contribution in [1.29, 1.82) is 0 Å². The molecule has 1 fully saturated rings. The van der Waals surface area contributed by atoms with Crippen molar-refractivity contribution in [3.8, 4) is 0 Å². The van der Waals surface area contributed by atoms with Crippen molar-refractivity contribution in [3.05, 3.63) is 76.7 Å². The highest BCUT2D eigenvalue weighted by Crippen LogP contribution is 2.31. The lowest BCUT2D eigenvalue weighted by Crippen LogP contribution is -2.55. The molecule has 1 unspecified atom stereocenters. The fraction of sp³-hybridized carbons (Fsp3) is 0.385. The van der Waals surface area contributed by atoms with Gasteiger partial charge in [-0.15, -0.1) is 11.8 Å². The predicted octanol–water partition coefficient (Wildman–Crippen LogP) is 1.94. The number of hydrogen-bond acceptors (Lipinski definition) is 6. The first-order chi connectivity index (χ1) is 17.3. The molecular formula is C26H29F2N3O4S. The van der Waals surface area contributed by atoms with Crippen LogP contribution in [-0.4, -0.2) is 77.6 Å². The van der Waals surface area contributed by atoms with Gasteiger partial charge in [0.15, 0.2) is 12.2 Å². The highest BCUT2D eigenvalue weighted by molar-refractivity contribution is 8.03. The molecule has 0 bridgehead atoms. The van der Waals surface area contributed by atoms with Crippen molar-refractivity contribution < 1.29 is 28.6 Å². The third kappa shape index (κ3) is 6.43. The third-order valence-corrected chi connectivity index (χ3v) is 7.60. The monoisotopic (exact) mass is 517 g/mol. The van der Waals surface area contributed by atoms with E-state index >= 15 is 0 Å². The number of carbonyl (C=O) groups is 2. The standard InChI is InChI=1S/C26H29F2N3O4S/c27-19-7-5-17(6-8-19)13-18-14-20(36-16-18)15-29-25(34)23(32)24(33)26(35)31-11-9-30(10-12-31)22-4-2-1-3-21(22)28/h1-8,14,18,23-24,32-33H,9-13,15-16H2,(H,29,34)/t18?,23-,24-/m1/s1. The number of rotatable bonds is 8. The van der Waals surface area contributed by atoms with Crippen molar-refractivity contribution in [2.45, 2.75) is 18.6 Å². The number of nitrogens with zero attached hydrogens (tertiary/aromatic N) is 2. The smallest absolute Gasteiger partial charge is 0.254 e. The number of nitrogens with one attached hydrogen (secondary N) is 1. The van der Waals surface area contributed by atoms with Gasteiger partial charge in [-0.1, -0.05) is 30.3 Å². The van der Waals surface area contributed by atoms with Crippen LogP contribution in [0.4, 0.5) is 14.5 Å². The average molecular weight is 518 g/mol. The van der Waals surface area contributed by atoms with Gasteiger partial charge in [0.25, 0.3) is 11.8 Å². The fourth-order valence-corrected chi connectivity index (χ4v) is 5.45. The van der Waals surface area contributed by atoms with Gasteiger partial charge < -0.3 is 25.3 Å². The molecule has 3 atom stereocenters. The number of allylic oxidation sites excluding steroid dienone is 1. The SMILES string of the molecule is O=C(NCC1=CC(Cc2ccc(F)cc2)CS1)[C@H](O)[C@@H](O)C(=O)N1CCN(c2ccccc2F)CC1. The first-order valence-electron chi connectivity index (χ1n) is 11.8. The molecule has 0 spiro atoms. The summed E-state index contributed by atoms with van der Waals surface area (Å²) in [4.78, 5) is 29.2. The van der Waals surface area contributed by atoms with Crippen LogP contribution >= 0.6 is 11.8 Å². The summed E-state index contributed by atoms with van der Waals surface area (Å²) in [6.07, 6.45) is -0.993. The second-order valence-corrected chi connectivity index (χ2v) is 10.1. The molecule has 36 heavy (non-hydrogen) atoms. The second kappa shape index (κ2) is 11.9. The molecular weight excluding hydrogens is 488 g/mol. The Morgan fingerprint density at radius 1 is 1.00 bits per heavy atom. The highest BCUT2D eigenvalue weighted by atomic mass is 32.2. The van der Waals surface area contributed by atoms with E-state index in [2.05, 4.69) is 5.32 Å². The summed E-state index contributed by atoms with van der Waals surface area (Å²) in [5, 5.41) is 23.2. The molecule has 0 aliphatic carbocycles. The van der Waals surface area contributed by atoms with Gasteiger partial charge in [0, 0.05) is 43.4 Å². The fourth-order valence-electron chi connectivity index (χ4n) is 4.34. The summed E-state index contributed by atoms with van der Waals surface area (Å²) in [7, 11) is 0. The Morgan fingerprint density at radius 2 is 1.69 bits per heavy atom. The third-order valence-electron chi connectivity index (χ3n) is 6.36. The van der Waals surface area contributed by atoms with Crippen LogP contribution in [0, 0.1) is 17.6 Å². The summed E-state index contributed by atoms with van der Waals surface area (Å²) in [6.45, 7) is 1.38. The minimum Gasteiger partial charge on any atom is -0.380 e. The Balaban J connectivity index is 1.22. The quantitative estimate of drug-likeness (QED) is 0.496. The summed E-state index contributed by atoms with van der Waals surface area (Å²) in [5.74, 6) is -1.12. The Labute approximate surface area is 212 Å². The van der Waals surface area contributed by atoms with Gasteiger partial charge in [-0.2, -0.15) is 0 Å².